The highest BCUT2D eigenvalue weighted by molar-refractivity contribution is 5.99. The lowest BCUT2D eigenvalue weighted by atomic mass is 9.69. The lowest BCUT2D eigenvalue weighted by molar-refractivity contribution is -0.274. The van der Waals surface area contributed by atoms with Crippen molar-refractivity contribution < 1.29 is 27.8 Å². The summed E-state index contributed by atoms with van der Waals surface area (Å²) < 4.78 is 43.6. The minimum absolute atomic E-state index is 0.00616. The smallest absolute Gasteiger partial charge is 0.406 e. The van der Waals surface area contributed by atoms with E-state index in [0.717, 1.165) is 19.3 Å². The van der Waals surface area contributed by atoms with Gasteiger partial charge in [-0.3, -0.25) is 4.79 Å². The van der Waals surface area contributed by atoms with Gasteiger partial charge in [-0.05, 0) is 54.8 Å². The molecule has 1 aliphatic rings. The van der Waals surface area contributed by atoms with E-state index < -0.39 is 6.36 Å². The summed E-state index contributed by atoms with van der Waals surface area (Å²) in [4.78, 5) is 13.1. The number of hydrogen-bond acceptors (Lipinski definition) is 4. The maximum Gasteiger partial charge on any atom is 0.573 e. The number of benzene rings is 2. The van der Waals surface area contributed by atoms with Crippen LogP contribution in [0.1, 0.15) is 40.9 Å². The second kappa shape index (κ2) is 8.79. The monoisotopic (exact) mass is 457 g/mol. The molecule has 0 unspecified atom stereocenters. The van der Waals surface area contributed by atoms with Gasteiger partial charge < -0.3 is 19.7 Å². The van der Waals surface area contributed by atoms with Gasteiger partial charge in [0.25, 0.3) is 5.91 Å². The maximum absolute atomic E-state index is 13.1. The van der Waals surface area contributed by atoms with Crippen molar-refractivity contribution in [3.63, 3.8) is 0 Å². The predicted molar refractivity (Wildman–Crippen MR) is 115 cm³/mol. The van der Waals surface area contributed by atoms with Crippen LogP contribution < -0.4 is 10.1 Å². The number of rotatable bonds is 7. The van der Waals surface area contributed by atoms with E-state index >= 15 is 0 Å². The maximum atomic E-state index is 13.1. The number of aliphatic hydroxyl groups is 1. The van der Waals surface area contributed by atoms with Crippen LogP contribution in [0, 0.1) is 16.7 Å². The summed E-state index contributed by atoms with van der Waals surface area (Å²) >= 11 is 0. The van der Waals surface area contributed by atoms with Crippen molar-refractivity contribution in [2.75, 3.05) is 13.2 Å². The fourth-order valence-electron chi connectivity index (χ4n) is 4.15. The van der Waals surface area contributed by atoms with Crippen LogP contribution in [0.3, 0.4) is 0 Å². The van der Waals surface area contributed by atoms with E-state index in [1.165, 1.54) is 18.2 Å². The van der Waals surface area contributed by atoms with Crippen LogP contribution in [-0.4, -0.2) is 35.1 Å². The van der Waals surface area contributed by atoms with E-state index in [4.69, 9.17) is 0 Å². The number of aromatic nitrogens is 1. The van der Waals surface area contributed by atoms with Crippen LogP contribution in [0.2, 0.25) is 0 Å². The van der Waals surface area contributed by atoms with Gasteiger partial charge in [0.15, 0.2) is 0 Å². The van der Waals surface area contributed by atoms with Crippen molar-refractivity contribution >= 4 is 16.8 Å². The minimum atomic E-state index is -4.80. The van der Waals surface area contributed by atoms with Crippen molar-refractivity contribution in [2.45, 2.75) is 32.2 Å². The zero-order chi connectivity index (χ0) is 23.6. The van der Waals surface area contributed by atoms with Crippen LogP contribution in [0.5, 0.6) is 5.75 Å². The van der Waals surface area contributed by atoms with Crippen LogP contribution in [0.25, 0.3) is 10.9 Å². The molecule has 1 heterocycles. The molecule has 0 spiro atoms. The molecule has 3 aromatic rings. The third-order valence-corrected chi connectivity index (χ3v) is 6.11. The Morgan fingerprint density at radius 1 is 1.21 bits per heavy atom. The van der Waals surface area contributed by atoms with Gasteiger partial charge in [-0.15, -0.1) is 13.2 Å². The van der Waals surface area contributed by atoms with Crippen LogP contribution in [-0.2, 0) is 6.54 Å². The second-order valence-electron chi connectivity index (χ2n) is 8.39. The average molecular weight is 457 g/mol. The van der Waals surface area contributed by atoms with E-state index in [1.807, 2.05) is 0 Å². The first-order chi connectivity index (χ1) is 15.7. The lowest BCUT2D eigenvalue weighted by Crippen LogP contribution is -2.44. The van der Waals surface area contributed by atoms with E-state index in [1.54, 1.807) is 34.9 Å². The zero-order valence-corrected chi connectivity index (χ0v) is 17.7. The molecule has 6 nitrogen and oxygen atoms in total. The molecular formula is C24H22F3N3O3. The van der Waals surface area contributed by atoms with Gasteiger partial charge in [-0.2, -0.15) is 5.26 Å². The molecule has 0 bridgehead atoms. The number of fused-ring (bicyclic) bond motifs is 1. The van der Waals surface area contributed by atoms with E-state index in [9.17, 15) is 28.3 Å². The number of aliphatic hydroxyl groups excluding tert-OH is 1. The van der Waals surface area contributed by atoms with Crippen molar-refractivity contribution in [3.8, 4) is 11.8 Å². The Labute approximate surface area is 188 Å². The number of nitrogens with one attached hydrogen (secondary N) is 1. The molecule has 4 rings (SSSR count). The fourth-order valence-corrected chi connectivity index (χ4v) is 4.15. The summed E-state index contributed by atoms with van der Waals surface area (Å²) in [6.45, 7) is 0.453. The summed E-state index contributed by atoms with van der Waals surface area (Å²) in [6, 6.07) is 14.3. The highest BCUT2D eigenvalue weighted by atomic mass is 19.4. The number of amides is 1. The van der Waals surface area contributed by atoms with Crippen molar-refractivity contribution in [3.05, 3.63) is 65.4 Å². The molecule has 0 radical (unpaired) electrons. The molecule has 1 amide bonds. The Morgan fingerprint density at radius 2 is 2.00 bits per heavy atom. The highest BCUT2D eigenvalue weighted by Crippen LogP contribution is 2.39. The Balaban J connectivity index is 1.66. The lowest BCUT2D eigenvalue weighted by Gasteiger charge is -2.40. The van der Waals surface area contributed by atoms with Crippen LogP contribution >= 0.6 is 0 Å². The third-order valence-electron chi connectivity index (χ3n) is 6.11. The van der Waals surface area contributed by atoms with Crippen molar-refractivity contribution in [2.24, 2.45) is 5.41 Å². The molecule has 2 aromatic carbocycles. The van der Waals surface area contributed by atoms with Gasteiger partial charge in [0.05, 0.1) is 18.2 Å². The van der Waals surface area contributed by atoms with Gasteiger partial charge in [0.2, 0.25) is 0 Å². The molecule has 1 saturated carbocycles. The summed E-state index contributed by atoms with van der Waals surface area (Å²) in [6.07, 6.45) is -2.12. The normalized spacial score (nSPS) is 15.0. The summed E-state index contributed by atoms with van der Waals surface area (Å²) in [5.41, 5.74) is 1.62. The first kappa shape index (κ1) is 22.7. The second-order valence-corrected chi connectivity index (χ2v) is 8.39. The number of halogens is 3. The summed E-state index contributed by atoms with van der Waals surface area (Å²) in [7, 11) is 0. The largest absolute Gasteiger partial charge is 0.573 e. The molecule has 2 N–H and O–H groups in total. The zero-order valence-electron chi connectivity index (χ0n) is 17.7. The average Bonchev–Trinajstić information content (AvgIpc) is 3.09. The number of carbonyl (C=O) groups excluding carboxylic acids is 1. The number of alkyl halides is 3. The molecule has 9 heteroatoms. The molecule has 0 aliphatic heterocycles. The number of ether oxygens (including phenoxy) is 1. The topological polar surface area (TPSA) is 87.3 Å². The molecule has 0 saturated heterocycles. The fraction of sp³-hybridized carbons (Fsp3) is 0.333. The van der Waals surface area contributed by atoms with E-state index in [-0.39, 0.29) is 30.2 Å². The molecule has 0 atom stereocenters. The molecule has 172 valence electrons. The van der Waals surface area contributed by atoms with Crippen molar-refractivity contribution in [1.82, 2.24) is 9.88 Å². The number of carbonyl (C=O) groups is 1. The van der Waals surface area contributed by atoms with E-state index in [2.05, 4.69) is 16.1 Å². The molecule has 1 aliphatic carbocycles. The Morgan fingerprint density at radius 3 is 2.64 bits per heavy atom. The molecule has 1 fully saturated rings. The van der Waals surface area contributed by atoms with Crippen molar-refractivity contribution in [1.29, 1.82) is 5.26 Å². The highest BCUT2D eigenvalue weighted by Gasteiger charge is 2.36. The summed E-state index contributed by atoms with van der Waals surface area (Å²) in [5, 5.41) is 22.4. The first-order valence-electron chi connectivity index (χ1n) is 10.5. The van der Waals surface area contributed by atoms with Gasteiger partial charge in [-0.1, -0.05) is 18.6 Å². The molecule has 33 heavy (non-hydrogen) atoms. The molecular weight excluding hydrogens is 435 g/mol. The number of hydrogen-bond donors (Lipinski definition) is 2. The Kier molecular flexibility index (Phi) is 6.04. The van der Waals surface area contributed by atoms with Crippen LogP contribution in [0.4, 0.5) is 13.2 Å². The Hall–Kier alpha value is -3.51. The minimum Gasteiger partial charge on any atom is -0.406 e. The molecule has 1 aromatic heterocycles. The Bertz CT molecular complexity index is 1220. The number of nitriles is 1. The first-order valence-corrected chi connectivity index (χ1v) is 10.5. The van der Waals surface area contributed by atoms with Gasteiger partial charge in [-0.25, -0.2) is 0 Å². The standard InChI is InChI=1S/C24H22F3N3O3/c25-24(26,27)33-19-4-1-3-17(10-19)13-30-20-6-5-16(12-28)9-18(20)11-21(30)22(32)29-14-23(15-31)7-2-8-23/h1,3-6,9-11,31H,2,7-8,13-15H2,(H,29,32). The quantitative estimate of drug-likeness (QED) is 0.552. The number of nitrogens with zero attached hydrogens (tertiary/aromatic N) is 2. The predicted octanol–water partition coefficient (Wildman–Crippen LogP) is 4.35. The summed E-state index contributed by atoms with van der Waals surface area (Å²) in [5.74, 6) is -0.698. The SMILES string of the molecule is N#Cc1ccc2c(c1)cc(C(=O)NCC1(CO)CCC1)n2Cc1cccc(OC(F)(F)F)c1. The third kappa shape index (κ3) is 4.96. The van der Waals surface area contributed by atoms with Gasteiger partial charge >= 0.3 is 6.36 Å². The van der Waals surface area contributed by atoms with Crippen LogP contribution in [0.15, 0.2) is 48.5 Å². The van der Waals surface area contributed by atoms with Gasteiger partial charge in [0.1, 0.15) is 11.4 Å². The van der Waals surface area contributed by atoms with Gasteiger partial charge in [0, 0.05) is 29.4 Å². The van der Waals surface area contributed by atoms with E-state index in [0.29, 0.717) is 34.3 Å².